The van der Waals surface area contributed by atoms with E-state index in [1.807, 2.05) is 61.5 Å². The molecule has 0 saturated carbocycles. The monoisotopic (exact) mass is 244 g/mol. The van der Waals surface area contributed by atoms with Crippen LogP contribution in [0.2, 0.25) is 0 Å². The average Bonchev–Trinajstić information content (AvgIpc) is 2.42. The Balaban J connectivity index is 0.000000180. The summed E-state index contributed by atoms with van der Waals surface area (Å²) in [5.41, 5.74) is 1.26. The molecule has 2 rings (SSSR count). The van der Waals surface area contributed by atoms with E-state index in [1.165, 1.54) is 5.56 Å². The van der Waals surface area contributed by atoms with E-state index in [1.54, 1.807) is 7.11 Å². The molecule has 0 N–H and O–H groups in total. The van der Waals surface area contributed by atoms with Crippen molar-refractivity contribution in [3.8, 4) is 11.5 Å². The van der Waals surface area contributed by atoms with E-state index >= 15 is 0 Å². The topological polar surface area (TPSA) is 18.5 Å². The fourth-order valence-corrected chi connectivity index (χ4v) is 1.36. The highest BCUT2D eigenvalue weighted by Gasteiger charge is 1.85. The van der Waals surface area contributed by atoms with Crippen molar-refractivity contribution in [2.75, 3.05) is 13.7 Å². The third kappa shape index (κ3) is 5.39. The molecule has 0 aliphatic rings. The summed E-state index contributed by atoms with van der Waals surface area (Å²) in [5, 5.41) is 0. The van der Waals surface area contributed by atoms with Gasteiger partial charge in [0.05, 0.1) is 13.7 Å². The van der Waals surface area contributed by atoms with Crippen LogP contribution >= 0.6 is 0 Å². The summed E-state index contributed by atoms with van der Waals surface area (Å²) in [6, 6.07) is 17.8. The maximum Gasteiger partial charge on any atom is 0.119 e. The van der Waals surface area contributed by atoms with Crippen LogP contribution in [0, 0.1) is 6.92 Å². The highest BCUT2D eigenvalue weighted by Crippen LogP contribution is 2.09. The third-order valence-electron chi connectivity index (χ3n) is 2.31. The number of hydrogen-bond donors (Lipinski definition) is 0. The highest BCUT2D eigenvalue weighted by molar-refractivity contribution is 5.25. The molecule has 0 saturated heterocycles. The normalized spacial score (nSPS) is 9.06. The first-order valence-electron chi connectivity index (χ1n) is 6.04. The minimum absolute atomic E-state index is 0.740. The van der Waals surface area contributed by atoms with Crippen LogP contribution in [0.15, 0.2) is 54.6 Å². The predicted octanol–water partition coefficient (Wildman–Crippen LogP) is 4.09. The van der Waals surface area contributed by atoms with Gasteiger partial charge in [0.25, 0.3) is 0 Å². The zero-order chi connectivity index (χ0) is 13.2. The fraction of sp³-hybridized carbons (Fsp3) is 0.250. The van der Waals surface area contributed by atoms with Gasteiger partial charge in [-0.3, -0.25) is 0 Å². The molecule has 2 aromatic carbocycles. The smallest absolute Gasteiger partial charge is 0.119 e. The maximum absolute atomic E-state index is 5.21. The molecule has 0 aliphatic heterocycles. The summed E-state index contributed by atoms with van der Waals surface area (Å²) in [7, 11) is 1.67. The minimum Gasteiger partial charge on any atom is -0.497 e. The first-order valence-corrected chi connectivity index (χ1v) is 6.04. The molecule has 0 aliphatic carbocycles. The van der Waals surface area contributed by atoms with Gasteiger partial charge in [0.1, 0.15) is 11.5 Å². The van der Waals surface area contributed by atoms with Gasteiger partial charge in [-0.2, -0.15) is 0 Å². The number of hydrogen-bond acceptors (Lipinski definition) is 2. The molecule has 0 bridgehead atoms. The van der Waals surface area contributed by atoms with E-state index in [9.17, 15) is 0 Å². The van der Waals surface area contributed by atoms with Gasteiger partial charge in [-0.1, -0.05) is 35.9 Å². The van der Waals surface area contributed by atoms with Crippen LogP contribution in [-0.4, -0.2) is 13.7 Å². The van der Waals surface area contributed by atoms with E-state index in [0.717, 1.165) is 18.1 Å². The van der Waals surface area contributed by atoms with E-state index in [2.05, 4.69) is 6.92 Å². The van der Waals surface area contributed by atoms with Crippen LogP contribution in [0.5, 0.6) is 11.5 Å². The summed E-state index contributed by atoms with van der Waals surface area (Å²) >= 11 is 0. The fourth-order valence-electron chi connectivity index (χ4n) is 1.36. The second-order valence-electron chi connectivity index (χ2n) is 3.76. The maximum atomic E-state index is 5.21. The lowest BCUT2D eigenvalue weighted by molar-refractivity contribution is 0.340. The summed E-state index contributed by atoms with van der Waals surface area (Å²) in [4.78, 5) is 0. The minimum atomic E-state index is 0.740. The SMILES string of the molecule is CCOc1ccccc1.COc1ccc(C)cc1. The first kappa shape index (κ1) is 14.1. The van der Waals surface area contributed by atoms with Gasteiger partial charge >= 0.3 is 0 Å². The molecule has 96 valence electrons. The number of benzene rings is 2. The zero-order valence-electron chi connectivity index (χ0n) is 11.2. The molecule has 0 aromatic heterocycles. The van der Waals surface area contributed by atoms with Crippen LogP contribution in [0.25, 0.3) is 0 Å². The zero-order valence-corrected chi connectivity index (χ0v) is 11.2. The molecule has 0 unspecified atom stereocenters. The van der Waals surface area contributed by atoms with Crippen LogP contribution in [0.1, 0.15) is 12.5 Å². The van der Waals surface area contributed by atoms with E-state index in [4.69, 9.17) is 9.47 Å². The highest BCUT2D eigenvalue weighted by atomic mass is 16.5. The van der Waals surface area contributed by atoms with Crippen molar-refractivity contribution in [1.29, 1.82) is 0 Å². The summed E-state index contributed by atoms with van der Waals surface area (Å²) < 4.78 is 10.2. The Bertz CT molecular complexity index is 421. The molecule has 0 heterocycles. The van der Waals surface area contributed by atoms with Gasteiger partial charge in [0.2, 0.25) is 0 Å². The lowest BCUT2D eigenvalue weighted by atomic mass is 10.2. The Labute approximate surface area is 109 Å². The third-order valence-corrected chi connectivity index (χ3v) is 2.31. The van der Waals surface area contributed by atoms with Gasteiger partial charge in [-0.25, -0.2) is 0 Å². The summed E-state index contributed by atoms with van der Waals surface area (Å²) in [6.07, 6.45) is 0. The molecule has 2 heteroatoms. The number of methoxy groups -OCH3 is 1. The van der Waals surface area contributed by atoms with Gasteiger partial charge in [-0.15, -0.1) is 0 Å². The van der Waals surface area contributed by atoms with E-state index in [-0.39, 0.29) is 0 Å². The number of para-hydroxylation sites is 1. The lowest BCUT2D eigenvalue weighted by Gasteiger charge is -1.99. The Morgan fingerprint density at radius 2 is 1.44 bits per heavy atom. The Morgan fingerprint density at radius 3 is 1.94 bits per heavy atom. The van der Waals surface area contributed by atoms with Crippen molar-refractivity contribution < 1.29 is 9.47 Å². The first-order chi connectivity index (χ1) is 8.76. The molecule has 0 spiro atoms. The Hall–Kier alpha value is -1.96. The van der Waals surface area contributed by atoms with E-state index in [0.29, 0.717) is 0 Å². The molecule has 2 aromatic rings. The molecule has 0 amide bonds. The number of aryl methyl sites for hydroxylation is 1. The van der Waals surface area contributed by atoms with Crippen LogP contribution < -0.4 is 9.47 Å². The molecule has 0 fully saturated rings. The van der Waals surface area contributed by atoms with Crippen molar-refractivity contribution in [2.24, 2.45) is 0 Å². The Kier molecular flexibility index (Phi) is 6.41. The van der Waals surface area contributed by atoms with Crippen LogP contribution in [0.4, 0.5) is 0 Å². The second kappa shape index (κ2) is 8.18. The number of rotatable bonds is 3. The van der Waals surface area contributed by atoms with Crippen molar-refractivity contribution in [1.82, 2.24) is 0 Å². The van der Waals surface area contributed by atoms with Crippen molar-refractivity contribution in [2.45, 2.75) is 13.8 Å². The molecule has 0 radical (unpaired) electrons. The van der Waals surface area contributed by atoms with Crippen molar-refractivity contribution >= 4 is 0 Å². The largest absolute Gasteiger partial charge is 0.497 e. The molecular formula is C16H20O2. The molecular weight excluding hydrogens is 224 g/mol. The molecule has 0 atom stereocenters. The van der Waals surface area contributed by atoms with Crippen LogP contribution in [-0.2, 0) is 0 Å². The summed E-state index contributed by atoms with van der Waals surface area (Å²) in [5.74, 6) is 1.86. The standard InChI is InChI=1S/2C8H10O/c1-7-3-5-8(9-2)6-4-7;1-2-9-8-6-4-3-5-7-8/h3-6H,1-2H3;3-7H,2H2,1H3. The van der Waals surface area contributed by atoms with Gasteiger partial charge in [0, 0.05) is 0 Å². The lowest BCUT2D eigenvalue weighted by Crippen LogP contribution is -1.89. The van der Waals surface area contributed by atoms with Crippen LogP contribution in [0.3, 0.4) is 0 Å². The van der Waals surface area contributed by atoms with E-state index < -0.39 is 0 Å². The Morgan fingerprint density at radius 1 is 0.833 bits per heavy atom. The average molecular weight is 244 g/mol. The number of ether oxygens (including phenoxy) is 2. The summed E-state index contributed by atoms with van der Waals surface area (Å²) in [6.45, 7) is 4.77. The van der Waals surface area contributed by atoms with Crippen molar-refractivity contribution in [3.05, 3.63) is 60.2 Å². The molecule has 2 nitrogen and oxygen atoms in total. The predicted molar refractivity (Wildman–Crippen MR) is 75.3 cm³/mol. The van der Waals surface area contributed by atoms with Crippen molar-refractivity contribution in [3.63, 3.8) is 0 Å². The van der Waals surface area contributed by atoms with Gasteiger partial charge < -0.3 is 9.47 Å². The second-order valence-corrected chi connectivity index (χ2v) is 3.76. The quantitative estimate of drug-likeness (QED) is 0.809. The van der Waals surface area contributed by atoms with Gasteiger partial charge in [-0.05, 0) is 38.1 Å². The van der Waals surface area contributed by atoms with Gasteiger partial charge in [0.15, 0.2) is 0 Å². The molecule has 18 heavy (non-hydrogen) atoms.